The number of carboxylic acid groups (broad SMARTS) is 1. The summed E-state index contributed by atoms with van der Waals surface area (Å²) in [4.78, 5) is 23.5. The van der Waals surface area contributed by atoms with Crippen molar-refractivity contribution in [2.45, 2.75) is 5.60 Å². The molecule has 0 saturated carbocycles. The number of carbonyl (C=O) groups is 2. The zero-order valence-corrected chi connectivity index (χ0v) is 17.0. The predicted molar refractivity (Wildman–Crippen MR) is 116 cm³/mol. The lowest BCUT2D eigenvalue weighted by atomic mass is 9.85. The number of aliphatic carboxylic acids is 1. The van der Waals surface area contributed by atoms with Crippen LogP contribution in [-0.4, -0.2) is 34.9 Å². The molecule has 0 aliphatic carbocycles. The van der Waals surface area contributed by atoms with Gasteiger partial charge in [0.05, 0.1) is 11.2 Å². The van der Waals surface area contributed by atoms with Gasteiger partial charge in [-0.15, -0.1) is 0 Å². The van der Waals surface area contributed by atoms with Gasteiger partial charge in [0.1, 0.15) is 5.75 Å². The molecule has 3 aromatic rings. The molecule has 0 spiro atoms. The molecule has 0 saturated heterocycles. The minimum atomic E-state index is -1.94. The number of hydrogen-bond donors (Lipinski definition) is 3. The number of benzene rings is 3. The molecule has 0 unspecified atom stereocenters. The number of amides is 1. The third-order valence-corrected chi connectivity index (χ3v) is 4.69. The standard InChI is InChI=1S/C23H19ClN2O5/c24-19-13-16(11-12-20(19)31-15-21(27)28)14-25-26-22(29)23(30,17-7-3-1-4-8-17)18-9-5-2-6-10-18/h1-14,30H,15H2,(H,26,29)(H,27,28)/b25-14-. The highest BCUT2D eigenvalue weighted by molar-refractivity contribution is 6.32. The van der Waals surface area contributed by atoms with Gasteiger partial charge < -0.3 is 14.9 Å². The van der Waals surface area contributed by atoms with Gasteiger partial charge in [0.15, 0.2) is 12.2 Å². The van der Waals surface area contributed by atoms with E-state index in [1.807, 2.05) is 0 Å². The normalized spacial score (nSPS) is 11.3. The minimum absolute atomic E-state index is 0.196. The van der Waals surface area contributed by atoms with Crippen LogP contribution in [0.4, 0.5) is 0 Å². The highest BCUT2D eigenvalue weighted by Crippen LogP contribution is 2.30. The fourth-order valence-corrected chi connectivity index (χ4v) is 3.13. The summed E-state index contributed by atoms with van der Waals surface area (Å²) in [7, 11) is 0. The lowest BCUT2D eigenvalue weighted by Crippen LogP contribution is -2.43. The fourth-order valence-electron chi connectivity index (χ4n) is 2.89. The molecule has 31 heavy (non-hydrogen) atoms. The Kier molecular flexibility index (Phi) is 7.02. The lowest BCUT2D eigenvalue weighted by Gasteiger charge is -2.27. The highest BCUT2D eigenvalue weighted by Gasteiger charge is 2.39. The van der Waals surface area contributed by atoms with E-state index in [9.17, 15) is 14.7 Å². The number of hydrogen-bond acceptors (Lipinski definition) is 5. The van der Waals surface area contributed by atoms with Crippen molar-refractivity contribution in [2.24, 2.45) is 5.10 Å². The number of halogens is 1. The second-order valence-electron chi connectivity index (χ2n) is 6.51. The Bertz CT molecular complexity index is 1050. The van der Waals surface area contributed by atoms with Crippen LogP contribution in [-0.2, 0) is 15.2 Å². The maximum atomic E-state index is 12.9. The molecule has 0 aliphatic heterocycles. The van der Waals surface area contributed by atoms with Gasteiger partial charge in [0, 0.05) is 0 Å². The zero-order chi connectivity index (χ0) is 22.3. The van der Waals surface area contributed by atoms with Crippen molar-refractivity contribution < 1.29 is 24.5 Å². The van der Waals surface area contributed by atoms with Crippen LogP contribution in [0.2, 0.25) is 5.02 Å². The maximum absolute atomic E-state index is 12.9. The molecule has 3 aromatic carbocycles. The molecular formula is C23H19ClN2O5. The Morgan fingerprint density at radius 1 is 1.00 bits per heavy atom. The van der Waals surface area contributed by atoms with Crippen LogP contribution in [0.3, 0.4) is 0 Å². The topological polar surface area (TPSA) is 108 Å². The highest BCUT2D eigenvalue weighted by atomic mass is 35.5. The van der Waals surface area contributed by atoms with Crippen LogP contribution in [0.1, 0.15) is 16.7 Å². The van der Waals surface area contributed by atoms with Crippen molar-refractivity contribution in [3.63, 3.8) is 0 Å². The number of aliphatic hydroxyl groups is 1. The van der Waals surface area contributed by atoms with Gasteiger partial charge in [-0.05, 0) is 34.9 Å². The van der Waals surface area contributed by atoms with Gasteiger partial charge in [-0.2, -0.15) is 5.10 Å². The van der Waals surface area contributed by atoms with E-state index in [4.69, 9.17) is 21.4 Å². The Morgan fingerprint density at radius 3 is 2.10 bits per heavy atom. The summed E-state index contributed by atoms with van der Waals surface area (Å²) in [6.07, 6.45) is 1.35. The van der Waals surface area contributed by atoms with Crippen molar-refractivity contribution in [3.8, 4) is 5.75 Å². The first kappa shape index (κ1) is 22.0. The lowest BCUT2D eigenvalue weighted by molar-refractivity contribution is -0.139. The molecule has 0 fully saturated rings. The smallest absolute Gasteiger partial charge is 0.341 e. The van der Waals surface area contributed by atoms with Crippen molar-refractivity contribution >= 4 is 29.7 Å². The van der Waals surface area contributed by atoms with E-state index in [2.05, 4.69) is 10.5 Å². The third kappa shape index (κ3) is 5.28. The summed E-state index contributed by atoms with van der Waals surface area (Å²) < 4.78 is 5.06. The summed E-state index contributed by atoms with van der Waals surface area (Å²) in [6.45, 7) is -0.513. The van der Waals surface area contributed by atoms with Gasteiger partial charge in [-0.3, -0.25) is 4.79 Å². The predicted octanol–water partition coefficient (Wildman–Crippen LogP) is 3.19. The van der Waals surface area contributed by atoms with Crippen LogP contribution in [0, 0.1) is 0 Å². The molecule has 7 nitrogen and oxygen atoms in total. The summed E-state index contributed by atoms with van der Waals surface area (Å²) in [5.41, 5.74) is 1.77. The molecule has 3 rings (SSSR count). The summed E-state index contributed by atoms with van der Waals surface area (Å²) in [6, 6.07) is 21.7. The Balaban J connectivity index is 1.78. The van der Waals surface area contributed by atoms with Crippen LogP contribution in [0.25, 0.3) is 0 Å². The van der Waals surface area contributed by atoms with E-state index in [-0.39, 0.29) is 10.8 Å². The molecule has 8 heteroatoms. The zero-order valence-electron chi connectivity index (χ0n) is 16.2. The van der Waals surface area contributed by atoms with Crippen LogP contribution >= 0.6 is 11.6 Å². The number of ether oxygens (including phenoxy) is 1. The molecule has 0 bridgehead atoms. The molecule has 1 amide bonds. The average molecular weight is 439 g/mol. The molecule has 0 aromatic heterocycles. The molecular weight excluding hydrogens is 420 g/mol. The number of nitrogens with zero attached hydrogens (tertiary/aromatic N) is 1. The van der Waals surface area contributed by atoms with Gasteiger partial charge in [-0.25, -0.2) is 10.2 Å². The van der Waals surface area contributed by atoms with Crippen LogP contribution in [0.15, 0.2) is 84.0 Å². The van der Waals surface area contributed by atoms with Crippen molar-refractivity contribution in [1.82, 2.24) is 5.43 Å². The van der Waals surface area contributed by atoms with E-state index in [1.165, 1.54) is 18.3 Å². The fraction of sp³-hybridized carbons (Fsp3) is 0.0870. The average Bonchev–Trinajstić information content (AvgIpc) is 2.79. The van der Waals surface area contributed by atoms with Gasteiger partial charge >= 0.3 is 5.97 Å². The summed E-state index contributed by atoms with van der Waals surface area (Å²) >= 11 is 6.08. The Hall–Kier alpha value is -3.68. The second kappa shape index (κ2) is 9.88. The third-order valence-electron chi connectivity index (χ3n) is 4.40. The van der Waals surface area contributed by atoms with Gasteiger partial charge in [0.25, 0.3) is 5.91 Å². The van der Waals surface area contributed by atoms with Crippen LogP contribution < -0.4 is 10.2 Å². The number of hydrazone groups is 1. The Morgan fingerprint density at radius 2 is 1.58 bits per heavy atom. The van der Waals surface area contributed by atoms with E-state index in [0.29, 0.717) is 16.7 Å². The van der Waals surface area contributed by atoms with E-state index in [1.54, 1.807) is 66.7 Å². The van der Waals surface area contributed by atoms with E-state index in [0.717, 1.165) is 0 Å². The quantitative estimate of drug-likeness (QED) is 0.370. The molecule has 158 valence electrons. The minimum Gasteiger partial charge on any atom is -0.480 e. The summed E-state index contributed by atoms with van der Waals surface area (Å²) in [5.74, 6) is -1.63. The monoisotopic (exact) mass is 438 g/mol. The van der Waals surface area contributed by atoms with Crippen molar-refractivity contribution in [3.05, 3.63) is 101 Å². The first-order valence-electron chi connectivity index (χ1n) is 9.22. The number of carbonyl (C=O) groups excluding carboxylic acids is 1. The van der Waals surface area contributed by atoms with Crippen molar-refractivity contribution in [2.75, 3.05) is 6.61 Å². The van der Waals surface area contributed by atoms with E-state index < -0.39 is 24.1 Å². The molecule has 0 heterocycles. The second-order valence-corrected chi connectivity index (χ2v) is 6.92. The van der Waals surface area contributed by atoms with Crippen molar-refractivity contribution in [1.29, 1.82) is 0 Å². The SMILES string of the molecule is O=C(O)COc1ccc(/C=N\NC(=O)C(O)(c2ccccc2)c2ccccc2)cc1Cl. The number of carboxylic acids is 1. The van der Waals surface area contributed by atoms with Crippen LogP contribution in [0.5, 0.6) is 5.75 Å². The van der Waals surface area contributed by atoms with E-state index >= 15 is 0 Å². The molecule has 3 N–H and O–H groups in total. The first-order valence-corrected chi connectivity index (χ1v) is 9.60. The van der Waals surface area contributed by atoms with Gasteiger partial charge in [0.2, 0.25) is 0 Å². The molecule has 0 radical (unpaired) electrons. The summed E-state index contributed by atoms with van der Waals surface area (Å²) in [5, 5.41) is 24.1. The van der Waals surface area contributed by atoms with Gasteiger partial charge in [-0.1, -0.05) is 72.3 Å². The number of nitrogens with one attached hydrogen (secondary N) is 1. The largest absolute Gasteiger partial charge is 0.480 e. The molecule has 0 atom stereocenters. The maximum Gasteiger partial charge on any atom is 0.341 e. The Labute approximate surface area is 183 Å². The number of rotatable bonds is 8. The first-order chi connectivity index (χ1) is 14.9. The molecule has 0 aliphatic rings.